The number of rotatable bonds is 4. The summed E-state index contributed by atoms with van der Waals surface area (Å²) in [5.74, 6) is 1.40. The Kier molecular flexibility index (Phi) is 5.19. The van der Waals surface area contributed by atoms with Gasteiger partial charge in [-0.2, -0.15) is 5.26 Å². The molecule has 0 spiro atoms. The Morgan fingerprint density at radius 2 is 1.92 bits per heavy atom. The largest absolute Gasteiger partial charge is 0.444 e. The fraction of sp³-hybridized carbons (Fsp3) is 0.444. The van der Waals surface area contributed by atoms with Crippen LogP contribution in [0.25, 0.3) is 0 Å². The van der Waals surface area contributed by atoms with Crippen molar-refractivity contribution >= 4 is 17.7 Å². The molecule has 2 aromatic heterocycles. The molecule has 1 amide bonds. The van der Waals surface area contributed by atoms with Gasteiger partial charge in [-0.25, -0.2) is 9.97 Å². The van der Waals surface area contributed by atoms with E-state index >= 15 is 0 Å². The molecule has 0 radical (unpaired) electrons. The van der Waals surface area contributed by atoms with Gasteiger partial charge in [0.2, 0.25) is 17.7 Å². The minimum absolute atomic E-state index is 0.181. The molecule has 3 heterocycles. The van der Waals surface area contributed by atoms with Crippen molar-refractivity contribution in [3.8, 4) is 6.07 Å². The number of hydrogen-bond acceptors (Lipinski definition) is 7. The maximum Gasteiger partial charge on any atom is 0.243 e. The van der Waals surface area contributed by atoms with Crippen LogP contribution in [0, 0.1) is 25.2 Å². The quantitative estimate of drug-likeness (QED) is 0.892. The number of nitrogens with one attached hydrogen (secondary N) is 1. The number of nitrogens with zero attached hydrogens (tertiary/aromatic N) is 5. The molecule has 0 aromatic carbocycles. The van der Waals surface area contributed by atoms with E-state index in [1.54, 1.807) is 32.3 Å². The first-order chi connectivity index (χ1) is 12.5. The minimum Gasteiger partial charge on any atom is -0.444 e. The molecule has 1 saturated heterocycles. The summed E-state index contributed by atoms with van der Waals surface area (Å²) in [5, 5.41) is 12.0. The van der Waals surface area contributed by atoms with Crippen molar-refractivity contribution in [2.75, 3.05) is 36.4 Å². The molecule has 0 bridgehead atoms. The topological polar surface area (TPSA) is 98.3 Å². The highest BCUT2D eigenvalue weighted by Crippen LogP contribution is 2.25. The zero-order chi connectivity index (χ0) is 18.7. The number of hydrogen-bond donors (Lipinski definition) is 1. The van der Waals surface area contributed by atoms with Crippen LogP contribution in [0.3, 0.4) is 0 Å². The van der Waals surface area contributed by atoms with E-state index in [-0.39, 0.29) is 17.8 Å². The molecule has 1 aliphatic rings. The summed E-state index contributed by atoms with van der Waals surface area (Å²) >= 11 is 0. The number of carbonyl (C=O) groups excluding carboxylic acids is 1. The van der Waals surface area contributed by atoms with Crippen molar-refractivity contribution in [3.63, 3.8) is 0 Å². The third kappa shape index (κ3) is 3.53. The highest BCUT2D eigenvalue weighted by Gasteiger charge is 2.28. The highest BCUT2D eigenvalue weighted by atomic mass is 16.4. The molecular weight excluding hydrogens is 332 g/mol. The average molecular weight is 354 g/mol. The van der Waals surface area contributed by atoms with Gasteiger partial charge in [0.1, 0.15) is 17.4 Å². The van der Waals surface area contributed by atoms with E-state index in [0.717, 1.165) is 31.7 Å². The fourth-order valence-electron chi connectivity index (χ4n) is 3.00. The second-order valence-corrected chi connectivity index (χ2v) is 6.34. The molecule has 1 atom stereocenters. The number of anilines is 2. The molecule has 136 valence electrons. The summed E-state index contributed by atoms with van der Waals surface area (Å²) in [7, 11) is 0. The van der Waals surface area contributed by atoms with E-state index in [9.17, 15) is 10.1 Å². The maximum atomic E-state index is 12.6. The molecule has 1 fully saturated rings. The zero-order valence-electron chi connectivity index (χ0n) is 15.2. The predicted molar refractivity (Wildman–Crippen MR) is 96.8 cm³/mol. The van der Waals surface area contributed by atoms with Crippen LogP contribution in [0.1, 0.15) is 23.8 Å². The van der Waals surface area contributed by atoms with Crippen LogP contribution in [0.4, 0.5) is 11.8 Å². The molecule has 1 aliphatic heterocycles. The predicted octanol–water partition coefficient (Wildman–Crippen LogP) is 1.71. The fourth-order valence-corrected chi connectivity index (χ4v) is 3.00. The van der Waals surface area contributed by atoms with Crippen LogP contribution in [0.15, 0.2) is 22.9 Å². The van der Waals surface area contributed by atoms with E-state index in [1.807, 2.05) is 6.92 Å². The van der Waals surface area contributed by atoms with Crippen LogP contribution >= 0.6 is 0 Å². The van der Waals surface area contributed by atoms with Crippen molar-refractivity contribution in [3.05, 3.63) is 35.3 Å². The summed E-state index contributed by atoms with van der Waals surface area (Å²) < 4.78 is 5.52. The number of carbonyl (C=O) groups is 1. The molecule has 3 rings (SSSR count). The lowest BCUT2D eigenvalue weighted by Gasteiger charge is -2.37. The minimum atomic E-state index is -0.328. The normalized spacial score (nSPS) is 16.2. The third-order valence-corrected chi connectivity index (χ3v) is 4.81. The number of furan rings is 1. The number of aryl methyl sites for hydroxylation is 1. The summed E-state index contributed by atoms with van der Waals surface area (Å²) in [4.78, 5) is 25.3. The summed E-state index contributed by atoms with van der Waals surface area (Å²) in [6.07, 6.45) is 3.45. The molecule has 2 aromatic rings. The van der Waals surface area contributed by atoms with Gasteiger partial charge in [0, 0.05) is 44.1 Å². The Bertz CT molecular complexity index is 818. The first-order valence-electron chi connectivity index (χ1n) is 8.58. The maximum absolute atomic E-state index is 12.6. The van der Waals surface area contributed by atoms with Crippen molar-refractivity contribution in [2.24, 2.45) is 0 Å². The monoisotopic (exact) mass is 354 g/mol. The van der Waals surface area contributed by atoms with Crippen LogP contribution in [0.2, 0.25) is 0 Å². The molecular formula is C18H22N6O2. The lowest BCUT2D eigenvalue weighted by atomic mass is 10.2. The van der Waals surface area contributed by atoms with Gasteiger partial charge in [0.15, 0.2) is 0 Å². The molecule has 1 unspecified atom stereocenters. The van der Waals surface area contributed by atoms with Gasteiger partial charge in [0.25, 0.3) is 0 Å². The van der Waals surface area contributed by atoms with Gasteiger partial charge in [-0.3, -0.25) is 15.0 Å². The van der Waals surface area contributed by atoms with Gasteiger partial charge in [-0.05, 0) is 26.8 Å². The van der Waals surface area contributed by atoms with Gasteiger partial charge in [-0.1, -0.05) is 0 Å². The van der Waals surface area contributed by atoms with Crippen LogP contribution in [-0.2, 0) is 4.79 Å². The van der Waals surface area contributed by atoms with Gasteiger partial charge in [0.05, 0.1) is 6.04 Å². The third-order valence-electron chi connectivity index (χ3n) is 4.81. The standard InChI is InChI=1S/C18H22N6O2/c1-12-14(3)26-17(15(12)11-19)22-16(25)13(2)23-7-9-24(10-8-23)18-20-5-4-6-21-18/h4-6,13H,7-10H2,1-3H3,(H,22,25). The van der Waals surface area contributed by atoms with Crippen LogP contribution in [0.5, 0.6) is 0 Å². The number of piperazine rings is 1. The van der Waals surface area contributed by atoms with Crippen molar-refractivity contribution in [2.45, 2.75) is 26.8 Å². The summed E-state index contributed by atoms with van der Waals surface area (Å²) in [6, 6.07) is 3.55. The van der Waals surface area contributed by atoms with E-state index in [4.69, 9.17) is 4.42 Å². The lowest BCUT2D eigenvalue weighted by Crippen LogP contribution is -2.53. The molecule has 8 nitrogen and oxygen atoms in total. The van der Waals surface area contributed by atoms with Gasteiger partial charge in [-0.15, -0.1) is 0 Å². The molecule has 0 aliphatic carbocycles. The smallest absolute Gasteiger partial charge is 0.243 e. The molecule has 8 heteroatoms. The lowest BCUT2D eigenvalue weighted by molar-refractivity contribution is -0.121. The zero-order valence-corrected chi connectivity index (χ0v) is 15.2. The number of nitriles is 1. The second-order valence-electron chi connectivity index (χ2n) is 6.34. The van der Waals surface area contributed by atoms with E-state index in [0.29, 0.717) is 17.3 Å². The number of aromatic nitrogens is 2. The SMILES string of the molecule is Cc1oc(NC(=O)C(C)N2CCN(c3ncccn3)CC2)c(C#N)c1C. The molecule has 0 saturated carbocycles. The van der Waals surface area contributed by atoms with E-state index < -0.39 is 0 Å². The molecule has 1 N–H and O–H groups in total. The van der Waals surface area contributed by atoms with Crippen LogP contribution in [-0.4, -0.2) is 53.0 Å². The summed E-state index contributed by atoms with van der Waals surface area (Å²) in [5.41, 5.74) is 1.14. The Morgan fingerprint density at radius 1 is 1.27 bits per heavy atom. The Balaban J connectivity index is 1.60. The van der Waals surface area contributed by atoms with Gasteiger partial charge >= 0.3 is 0 Å². The molecule has 26 heavy (non-hydrogen) atoms. The first-order valence-corrected chi connectivity index (χ1v) is 8.58. The summed E-state index contributed by atoms with van der Waals surface area (Å²) in [6.45, 7) is 8.41. The van der Waals surface area contributed by atoms with E-state index in [2.05, 4.69) is 31.2 Å². The van der Waals surface area contributed by atoms with Crippen molar-refractivity contribution in [1.29, 1.82) is 5.26 Å². The Labute approximate surface area is 152 Å². The Morgan fingerprint density at radius 3 is 2.54 bits per heavy atom. The van der Waals surface area contributed by atoms with Crippen molar-refractivity contribution in [1.82, 2.24) is 14.9 Å². The van der Waals surface area contributed by atoms with Crippen molar-refractivity contribution < 1.29 is 9.21 Å². The van der Waals surface area contributed by atoms with Gasteiger partial charge < -0.3 is 9.32 Å². The average Bonchev–Trinajstić information content (AvgIpc) is 2.94. The number of amides is 1. The van der Waals surface area contributed by atoms with Crippen LogP contribution < -0.4 is 10.2 Å². The highest BCUT2D eigenvalue weighted by molar-refractivity contribution is 5.94. The van der Waals surface area contributed by atoms with E-state index in [1.165, 1.54) is 0 Å². The first kappa shape index (κ1) is 17.9. The Hall–Kier alpha value is -2.92. The second kappa shape index (κ2) is 7.54.